The average Bonchev–Trinajstić information content (AvgIpc) is 2.40. The van der Waals surface area contributed by atoms with Crippen molar-refractivity contribution in [3.63, 3.8) is 0 Å². The summed E-state index contributed by atoms with van der Waals surface area (Å²) >= 11 is 0. The Morgan fingerprint density at radius 3 is 2.00 bits per heavy atom. The van der Waals surface area contributed by atoms with Gasteiger partial charge in [0.05, 0.1) is 12.3 Å². The molecule has 1 rings (SSSR count). The number of hydrogen-bond acceptors (Lipinski definition) is 4. The Bertz CT molecular complexity index is 394. The Balaban J connectivity index is 2.68. The Hall–Kier alpha value is -0.670. The summed E-state index contributed by atoms with van der Waals surface area (Å²) in [5, 5.41) is 0. The molecule has 0 saturated carbocycles. The number of hydrogen-bond donors (Lipinski definition) is 0. The van der Waals surface area contributed by atoms with E-state index in [1.165, 1.54) is 19.8 Å². The van der Waals surface area contributed by atoms with Crippen LogP contribution >= 0.6 is 7.60 Å². The van der Waals surface area contributed by atoms with Crippen molar-refractivity contribution in [2.24, 2.45) is 0 Å². The summed E-state index contributed by atoms with van der Waals surface area (Å²) < 4.78 is 27.0. The molecule has 1 aromatic rings. The first kappa shape index (κ1) is 15.4. The summed E-state index contributed by atoms with van der Waals surface area (Å²) in [4.78, 5) is 0. The van der Waals surface area contributed by atoms with Crippen LogP contribution in [0.1, 0.15) is 18.1 Å². The molecule has 0 aromatic heterocycles. The second kappa shape index (κ2) is 7.05. The van der Waals surface area contributed by atoms with E-state index in [0.29, 0.717) is 6.16 Å². The van der Waals surface area contributed by atoms with E-state index in [1.807, 2.05) is 31.2 Å². The smallest absolute Gasteiger partial charge is 0.334 e. The Kier molecular flexibility index (Phi) is 6.03. The fourth-order valence-electron chi connectivity index (χ4n) is 1.62. The van der Waals surface area contributed by atoms with E-state index in [-0.39, 0.29) is 6.10 Å². The molecule has 18 heavy (non-hydrogen) atoms. The van der Waals surface area contributed by atoms with Gasteiger partial charge in [-0.25, -0.2) is 0 Å². The van der Waals surface area contributed by atoms with Crippen molar-refractivity contribution in [3.8, 4) is 0 Å². The summed E-state index contributed by atoms with van der Waals surface area (Å²) in [6.45, 7) is 2.03. The number of methoxy groups -OCH3 is 1. The summed E-state index contributed by atoms with van der Waals surface area (Å²) in [6, 6.07) is 7.92. The standard InChI is InChI=1S/C13H21O4P/c1-11(15-2)9-12-5-7-13(8-6-12)10-18(14,16-3)17-4/h5-8,11H,9-10H2,1-4H3. The SMILES string of the molecule is COC(C)Cc1ccc(CP(=O)(OC)OC)cc1. The summed E-state index contributed by atoms with van der Waals surface area (Å²) in [5.41, 5.74) is 2.13. The van der Waals surface area contributed by atoms with Gasteiger partial charge in [0.1, 0.15) is 0 Å². The van der Waals surface area contributed by atoms with Crippen LogP contribution in [0.4, 0.5) is 0 Å². The molecule has 102 valence electrons. The molecule has 4 nitrogen and oxygen atoms in total. The zero-order valence-electron chi connectivity index (χ0n) is 11.4. The fourth-order valence-corrected chi connectivity index (χ4v) is 2.69. The van der Waals surface area contributed by atoms with E-state index in [9.17, 15) is 4.57 Å². The number of benzene rings is 1. The molecule has 0 aliphatic rings. The lowest BCUT2D eigenvalue weighted by atomic mass is 10.1. The van der Waals surface area contributed by atoms with Crippen molar-refractivity contribution in [1.82, 2.24) is 0 Å². The normalized spacial score (nSPS) is 13.6. The van der Waals surface area contributed by atoms with Crippen LogP contribution in [0.3, 0.4) is 0 Å². The quantitative estimate of drug-likeness (QED) is 0.715. The largest absolute Gasteiger partial charge is 0.381 e. The van der Waals surface area contributed by atoms with Crippen LogP contribution in [-0.4, -0.2) is 27.4 Å². The van der Waals surface area contributed by atoms with E-state index < -0.39 is 7.60 Å². The molecule has 0 aliphatic heterocycles. The van der Waals surface area contributed by atoms with Crippen LogP contribution < -0.4 is 0 Å². The molecule has 0 amide bonds. The first-order valence-corrected chi connectivity index (χ1v) is 7.57. The maximum atomic E-state index is 12.0. The molecule has 0 radical (unpaired) electrons. The first-order chi connectivity index (χ1) is 8.53. The molecular weight excluding hydrogens is 251 g/mol. The zero-order valence-corrected chi connectivity index (χ0v) is 12.3. The van der Waals surface area contributed by atoms with Crippen LogP contribution in [0, 0.1) is 0 Å². The van der Waals surface area contributed by atoms with Crippen LogP contribution in [0.5, 0.6) is 0 Å². The van der Waals surface area contributed by atoms with E-state index in [2.05, 4.69) is 0 Å². The van der Waals surface area contributed by atoms with Gasteiger partial charge in [0.25, 0.3) is 0 Å². The number of ether oxygens (including phenoxy) is 1. The van der Waals surface area contributed by atoms with E-state index in [0.717, 1.165) is 12.0 Å². The highest BCUT2D eigenvalue weighted by molar-refractivity contribution is 7.52. The Morgan fingerprint density at radius 2 is 1.56 bits per heavy atom. The molecule has 0 aliphatic carbocycles. The van der Waals surface area contributed by atoms with Gasteiger partial charge in [-0.05, 0) is 24.5 Å². The Labute approximate surface area is 109 Å². The molecule has 0 N–H and O–H groups in total. The van der Waals surface area contributed by atoms with Crippen LogP contribution in [0.15, 0.2) is 24.3 Å². The van der Waals surface area contributed by atoms with Gasteiger partial charge in [-0.2, -0.15) is 0 Å². The van der Waals surface area contributed by atoms with Gasteiger partial charge in [-0.15, -0.1) is 0 Å². The predicted molar refractivity (Wildman–Crippen MR) is 71.9 cm³/mol. The molecule has 5 heteroatoms. The van der Waals surface area contributed by atoms with Crippen molar-refractivity contribution in [1.29, 1.82) is 0 Å². The van der Waals surface area contributed by atoms with Gasteiger partial charge >= 0.3 is 7.60 Å². The van der Waals surface area contributed by atoms with Crippen molar-refractivity contribution in [2.75, 3.05) is 21.3 Å². The third-order valence-electron chi connectivity index (χ3n) is 2.88. The third-order valence-corrected chi connectivity index (χ3v) is 4.75. The molecule has 1 unspecified atom stereocenters. The minimum absolute atomic E-state index is 0.194. The molecule has 0 saturated heterocycles. The molecule has 1 atom stereocenters. The van der Waals surface area contributed by atoms with E-state index in [1.54, 1.807) is 7.11 Å². The Morgan fingerprint density at radius 1 is 1.06 bits per heavy atom. The van der Waals surface area contributed by atoms with Gasteiger partial charge in [0, 0.05) is 21.3 Å². The van der Waals surface area contributed by atoms with Gasteiger partial charge in [-0.3, -0.25) is 4.57 Å². The maximum Gasteiger partial charge on any atom is 0.334 e. The highest BCUT2D eigenvalue weighted by atomic mass is 31.2. The average molecular weight is 272 g/mol. The van der Waals surface area contributed by atoms with Gasteiger partial charge in [0.2, 0.25) is 0 Å². The van der Waals surface area contributed by atoms with E-state index in [4.69, 9.17) is 13.8 Å². The lowest BCUT2D eigenvalue weighted by Gasteiger charge is -2.14. The highest BCUT2D eigenvalue weighted by Crippen LogP contribution is 2.49. The molecular formula is C13H21O4P. The van der Waals surface area contributed by atoms with Crippen molar-refractivity contribution < 1.29 is 18.3 Å². The summed E-state index contributed by atoms with van der Waals surface area (Å²) in [5.74, 6) is 0. The van der Waals surface area contributed by atoms with Crippen molar-refractivity contribution in [3.05, 3.63) is 35.4 Å². The van der Waals surface area contributed by atoms with Gasteiger partial charge < -0.3 is 13.8 Å². The minimum atomic E-state index is -2.98. The molecule has 0 fully saturated rings. The summed E-state index contributed by atoms with van der Waals surface area (Å²) in [7, 11) is 1.53. The molecule has 0 heterocycles. The van der Waals surface area contributed by atoms with Gasteiger partial charge in [-0.1, -0.05) is 24.3 Å². The van der Waals surface area contributed by atoms with Crippen LogP contribution in [0.25, 0.3) is 0 Å². The van der Waals surface area contributed by atoms with E-state index >= 15 is 0 Å². The van der Waals surface area contributed by atoms with Gasteiger partial charge in [0.15, 0.2) is 0 Å². The van der Waals surface area contributed by atoms with Crippen molar-refractivity contribution >= 4 is 7.60 Å². The summed E-state index contributed by atoms with van der Waals surface area (Å²) in [6.07, 6.45) is 1.35. The van der Waals surface area contributed by atoms with Crippen LogP contribution in [0.2, 0.25) is 0 Å². The second-order valence-corrected chi connectivity index (χ2v) is 6.47. The molecule has 0 spiro atoms. The van der Waals surface area contributed by atoms with Crippen LogP contribution in [-0.2, 0) is 30.9 Å². The fraction of sp³-hybridized carbons (Fsp3) is 0.538. The highest BCUT2D eigenvalue weighted by Gasteiger charge is 2.21. The lowest BCUT2D eigenvalue weighted by molar-refractivity contribution is 0.119. The second-order valence-electron chi connectivity index (χ2n) is 4.20. The number of rotatable bonds is 7. The topological polar surface area (TPSA) is 44.8 Å². The molecule has 0 bridgehead atoms. The monoisotopic (exact) mass is 272 g/mol. The first-order valence-electron chi connectivity index (χ1n) is 5.84. The predicted octanol–water partition coefficient (Wildman–Crippen LogP) is 3.25. The zero-order chi connectivity index (χ0) is 13.6. The minimum Gasteiger partial charge on any atom is -0.381 e. The maximum absolute atomic E-state index is 12.0. The lowest BCUT2D eigenvalue weighted by Crippen LogP contribution is -2.08. The molecule has 1 aromatic carbocycles. The third kappa shape index (κ3) is 4.54. The van der Waals surface area contributed by atoms with Crippen molar-refractivity contribution in [2.45, 2.75) is 25.6 Å².